The number of nitrogens with zero attached hydrogens (tertiary/aromatic N) is 2. The smallest absolute Gasteiger partial charge is 0.256 e. The molecule has 4 heteroatoms. The van der Waals surface area contributed by atoms with Crippen molar-refractivity contribution in [3.8, 4) is 6.07 Å². The van der Waals surface area contributed by atoms with Gasteiger partial charge in [0.1, 0.15) is 5.82 Å². The second-order valence-electron chi connectivity index (χ2n) is 4.18. The maximum absolute atomic E-state index is 13.4. The minimum atomic E-state index is -0.486. The van der Waals surface area contributed by atoms with Crippen molar-refractivity contribution in [3.63, 3.8) is 0 Å². The molecule has 0 saturated carbocycles. The highest BCUT2D eigenvalue weighted by Crippen LogP contribution is 2.19. The van der Waals surface area contributed by atoms with Crippen LogP contribution in [0.1, 0.15) is 23.2 Å². The van der Waals surface area contributed by atoms with E-state index in [1.54, 1.807) is 17.0 Å². The van der Waals surface area contributed by atoms with Gasteiger partial charge in [-0.15, -0.1) is 0 Å². The van der Waals surface area contributed by atoms with Gasteiger partial charge in [0.05, 0.1) is 11.6 Å². The van der Waals surface area contributed by atoms with Crippen molar-refractivity contribution >= 4 is 5.91 Å². The number of benzene rings is 1. The Labute approximate surface area is 99.5 Å². The molecule has 0 atom stereocenters. The molecule has 3 nitrogen and oxygen atoms in total. The van der Waals surface area contributed by atoms with Gasteiger partial charge in [0.2, 0.25) is 0 Å². The summed E-state index contributed by atoms with van der Waals surface area (Å²) in [4.78, 5) is 13.6. The molecular weight excluding hydrogens is 219 g/mol. The van der Waals surface area contributed by atoms with Gasteiger partial charge in [-0.2, -0.15) is 5.26 Å². The molecule has 1 aromatic carbocycles. The zero-order valence-electron chi connectivity index (χ0n) is 9.40. The number of piperidine rings is 1. The molecule has 0 radical (unpaired) electrons. The van der Waals surface area contributed by atoms with E-state index in [1.807, 2.05) is 0 Å². The minimum Gasteiger partial charge on any atom is -0.338 e. The number of carbonyl (C=O) groups excluding carboxylic acids is 1. The van der Waals surface area contributed by atoms with E-state index in [0.717, 1.165) is 0 Å². The van der Waals surface area contributed by atoms with Gasteiger partial charge in [0.15, 0.2) is 0 Å². The summed E-state index contributed by atoms with van der Waals surface area (Å²) in [7, 11) is 0. The SMILES string of the molecule is N#CC1CCN(C(=O)c2ccccc2F)CC1. The van der Waals surface area contributed by atoms with Gasteiger partial charge >= 0.3 is 0 Å². The van der Waals surface area contributed by atoms with Gasteiger partial charge < -0.3 is 4.90 Å². The third kappa shape index (κ3) is 2.44. The molecule has 1 amide bonds. The average Bonchev–Trinajstić information content (AvgIpc) is 2.39. The molecule has 0 N–H and O–H groups in total. The Kier molecular flexibility index (Phi) is 3.38. The average molecular weight is 232 g/mol. The van der Waals surface area contributed by atoms with E-state index in [-0.39, 0.29) is 17.4 Å². The van der Waals surface area contributed by atoms with E-state index in [4.69, 9.17) is 5.26 Å². The lowest BCUT2D eigenvalue weighted by atomic mass is 9.98. The highest BCUT2D eigenvalue weighted by atomic mass is 19.1. The zero-order chi connectivity index (χ0) is 12.3. The molecule has 1 aromatic rings. The van der Waals surface area contributed by atoms with E-state index < -0.39 is 5.82 Å². The topological polar surface area (TPSA) is 44.1 Å². The Morgan fingerprint density at radius 3 is 2.59 bits per heavy atom. The maximum Gasteiger partial charge on any atom is 0.256 e. The predicted octanol–water partition coefficient (Wildman–Crippen LogP) is 2.20. The van der Waals surface area contributed by atoms with E-state index in [9.17, 15) is 9.18 Å². The quantitative estimate of drug-likeness (QED) is 0.745. The minimum absolute atomic E-state index is 0.0275. The monoisotopic (exact) mass is 232 g/mol. The molecule has 0 aliphatic carbocycles. The summed E-state index contributed by atoms with van der Waals surface area (Å²) in [5.74, 6) is -0.737. The molecule has 0 bridgehead atoms. The zero-order valence-corrected chi connectivity index (χ0v) is 9.40. The molecular formula is C13H13FN2O. The first-order valence-electron chi connectivity index (χ1n) is 5.66. The number of halogens is 1. The van der Waals surface area contributed by atoms with Crippen molar-refractivity contribution < 1.29 is 9.18 Å². The van der Waals surface area contributed by atoms with Crippen LogP contribution in [0.2, 0.25) is 0 Å². The van der Waals surface area contributed by atoms with Crippen molar-refractivity contribution in [2.24, 2.45) is 5.92 Å². The second-order valence-corrected chi connectivity index (χ2v) is 4.18. The molecule has 88 valence electrons. The van der Waals surface area contributed by atoms with Gasteiger partial charge in [-0.05, 0) is 25.0 Å². The lowest BCUT2D eigenvalue weighted by molar-refractivity contribution is 0.0702. The van der Waals surface area contributed by atoms with Gasteiger partial charge in [-0.1, -0.05) is 12.1 Å². The fourth-order valence-electron chi connectivity index (χ4n) is 2.02. The van der Waals surface area contributed by atoms with Crippen LogP contribution in [0, 0.1) is 23.1 Å². The predicted molar refractivity (Wildman–Crippen MR) is 60.6 cm³/mol. The standard InChI is InChI=1S/C13H13FN2O/c14-12-4-2-1-3-11(12)13(17)16-7-5-10(9-15)6-8-16/h1-4,10H,5-8H2. The molecule has 2 rings (SSSR count). The van der Waals surface area contributed by atoms with Crippen molar-refractivity contribution in [3.05, 3.63) is 35.6 Å². The van der Waals surface area contributed by atoms with Gasteiger partial charge in [0, 0.05) is 19.0 Å². The Hall–Kier alpha value is -1.89. The summed E-state index contributed by atoms with van der Waals surface area (Å²) in [5.41, 5.74) is 0.114. The third-order valence-corrected chi connectivity index (χ3v) is 3.07. The molecule has 0 aromatic heterocycles. The Morgan fingerprint density at radius 1 is 1.35 bits per heavy atom. The summed E-state index contributed by atoms with van der Waals surface area (Å²) in [5, 5.41) is 8.76. The van der Waals surface area contributed by atoms with E-state index in [0.29, 0.717) is 25.9 Å². The summed E-state index contributed by atoms with van der Waals surface area (Å²) < 4.78 is 13.4. The summed E-state index contributed by atoms with van der Waals surface area (Å²) in [6.45, 7) is 1.07. The lowest BCUT2D eigenvalue weighted by Crippen LogP contribution is -2.38. The van der Waals surface area contributed by atoms with Crippen LogP contribution < -0.4 is 0 Å². The number of rotatable bonds is 1. The second kappa shape index (κ2) is 4.96. The molecule has 1 saturated heterocycles. The Bertz CT molecular complexity index is 459. The number of carbonyl (C=O) groups is 1. The Balaban J connectivity index is 2.08. The van der Waals surface area contributed by atoms with Crippen molar-refractivity contribution in [2.75, 3.05) is 13.1 Å². The van der Waals surface area contributed by atoms with Gasteiger partial charge in [-0.3, -0.25) is 4.79 Å². The Morgan fingerprint density at radius 2 is 2.00 bits per heavy atom. The summed E-state index contributed by atoms with van der Waals surface area (Å²) >= 11 is 0. The van der Waals surface area contributed by atoms with Crippen molar-refractivity contribution in [1.82, 2.24) is 4.90 Å². The van der Waals surface area contributed by atoms with Crippen LogP contribution in [-0.4, -0.2) is 23.9 Å². The highest BCUT2D eigenvalue weighted by Gasteiger charge is 2.24. The van der Waals surface area contributed by atoms with Gasteiger partial charge in [-0.25, -0.2) is 4.39 Å². The first-order valence-corrected chi connectivity index (χ1v) is 5.66. The molecule has 1 heterocycles. The van der Waals surface area contributed by atoms with E-state index in [2.05, 4.69) is 6.07 Å². The molecule has 17 heavy (non-hydrogen) atoms. The van der Waals surface area contributed by atoms with Gasteiger partial charge in [0.25, 0.3) is 5.91 Å². The lowest BCUT2D eigenvalue weighted by Gasteiger charge is -2.29. The fourth-order valence-corrected chi connectivity index (χ4v) is 2.02. The third-order valence-electron chi connectivity index (χ3n) is 3.07. The highest BCUT2D eigenvalue weighted by molar-refractivity contribution is 5.94. The van der Waals surface area contributed by atoms with Crippen LogP contribution >= 0.6 is 0 Å². The van der Waals surface area contributed by atoms with E-state index in [1.165, 1.54) is 12.1 Å². The summed E-state index contributed by atoms with van der Waals surface area (Å²) in [6.07, 6.45) is 1.35. The number of hydrogen-bond acceptors (Lipinski definition) is 2. The van der Waals surface area contributed by atoms with Crippen LogP contribution in [0.5, 0.6) is 0 Å². The fraction of sp³-hybridized carbons (Fsp3) is 0.385. The van der Waals surface area contributed by atoms with Crippen LogP contribution in [-0.2, 0) is 0 Å². The molecule has 0 unspecified atom stereocenters. The number of likely N-dealkylation sites (tertiary alicyclic amines) is 1. The van der Waals surface area contributed by atoms with Crippen molar-refractivity contribution in [2.45, 2.75) is 12.8 Å². The van der Waals surface area contributed by atoms with Crippen molar-refractivity contribution in [1.29, 1.82) is 5.26 Å². The van der Waals surface area contributed by atoms with Crippen LogP contribution in [0.3, 0.4) is 0 Å². The first kappa shape index (κ1) is 11.6. The normalized spacial score (nSPS) is 16.6. The first-order chi connectivity index (χ1) is 8.22. The van der Waals surface area contributed by atoms with E-state index >= 15 is 0 Å². The molecule has 0 spiro atoms. The number of nitriles is 1. The van der Waals surface area contributed by atoms with Crippen LogP contribution in [0.15, 0.2) is 24.3 Å². The maximum atomic E-state index is 13.4. The molecule has 1 aliphatic rings. The molecule has 1 fully saturated rings. The number of amides is 1. The number of hydrogen-bond donors (Lipinski definition) is 0. The summed E-state index contributed by atoms with van der Waals surface area (Å²) in [6, 6.07) is 8.20. The molecule has 1 aliphatic heterocycles. The van der Waals surface area contributed by atoms with Crippen LogP contribution in [0.25, 0.3) is 0 Å². The largest absolute Gasteiger partial charge is 0.338 e. The van der Waals surface area contributed by atoms with Crippen LogP contribution in [0.4, 0.5) is 4.39 Å².